The number of halogens is 2. The molecular weight excluding hydrogens is 566 g/mol. The topological polar surface area (TPSA) is 104 Å². The van der Waals surface area contributed by atoms with E-state index in [1.54, 1.807) is 23.1 Å². The minimum absolute atomic E-state index is 0.00609. The van der Waals surface area contributed by atoms with E-state index >= 15 is 0 Å². The van der Waals surface area contributed by atoms with E-state index in [1.807, 2.05) is 13.1 Å². The molecule has 3 aromatic rings. The average Bonchev–Trinajstić information content (AvgIpc) is 3.61. The van der Waals surface area contributed by atoms with Gasteiger partial charge < -0.3 is 24.9 Å². The SMILES string of the molecule is CN(CCC1CCNCC1)CC1CCC(n2cc(NC(=O)c3coc(-c4ccnc(N(C)C5CC5)c4)n3)c(C(F)F)n2)CC1. The number of amides is 1. The molecule has 238 valence electrons. The van der Waals surface area contributed by atoms with E-state index in [1.165, 1.54) is 25.5 Å². The van der Waals surface area contributed by atoms with Crippen molar-refractivity contribution >= 4 is 17.4 Å². The summed E-state index contributed by atoms with van der Waals surface area (Å²) >= 11 is 0. The third-order valence-corrected chi connectivity index (χ3v) is 9.54. The van der Waals surface area contributed by atoms with Crippen LogP contribution in [0.4, 0.5) is 20.3 Å². The van der Waals surface area contributed by atoms with Crippen molar-refractivity contribution in [3.05, 3.63) is 42.2 Å². The molecule has 2 saturated carbocycles. The predicted molar refractivity (Wildman–Crippen MR) is 165 cm³/mol. The van der Waals surface area contributed by atoms with E-state index in [4.69, 9.17) is 4.42 Å². The van der Waals surface area contributed by atoms with Crippen molar-refractivity contribution < 1.29 is 18.0 Å². The summed E-state index contributed by atoms with van der Waals surface area (Å²) in [6.45, 7) is 4.46. The molecule has 0 radical (unpaired) electrons. The van der Waals surface area contributed by atoms with Crippen LogP contribution in [0.25, 0.3) is 11.5 Å². The fourth-order valence-electron chi connectivity index (χ4n) is 6.64. The first-order valence-corrected chi connectivity index (χ1v) is 16.1. The Morgan fingerprint density at radius 1 is 1.11 bits per heavy atom. The third-order valence-electron chi connectivity index (χ3n) is 9.54. The van der Waals surface area contributed by atoms with Crippen LogP contribution in [0.5, 0.6) is 0 Å². The number of oxazole rings is 1. The third kappa shape index (κ3) is 7.46. The number of carbonyl (C=O) groups is 1. The molecule has 1 aliphatic heterocycles. The van der Waals surface area contributed by atoms with Crippen molar-refractivity contribution in [1.29, 1.82) is 0 Å². The van der Waals surface area contributed by atoms with Crippen LogP contribution in [-0.2, 0) is 0 Å². The Kier molecular flexibility index (Phi) is 9.56. The maximum Gasteiger partial charge on any atom is 0.284 e. The molecule has 6 rings (SSSR count). The highest BCUT2D eigenvalue weighted by Gasteiger charge is 2.29. The highest BCUT2D eigenvalue weighted by molar-refractivity contribution is 6.03. The summed E-state index contributed by atoms with van der Waals surface area (Å²) in [4.78, 5) is 26.4. The van der Waals surface area contributed by atoms with Gasteiger partial charge in [0, 0.05) is 37.6 Å². The fourth-order valence-corrected chi connectivity index (χ4v) is 6.64. The predicted octanol–water partition coefficient (Wildman–Crippen LogP) is 5.77. The quantitative estimate of drug-likeness (QED) is 0.266. The zero-order valence-electron chi connectivity index (χ0n) is 25.7. The lowest BCUT2D eigenvalue weighted by molar-refractivity contribution is 0.102. The monoisotopic (exact) mass is 610 g/mol. The Balaban J connectivity index is 1.04. The molecule has 2 aliphatic carbocycles. The number of pyridine rings is 1. The summed E-state index contributed by atoms with van der Waals surface area (Å²) in [5.74, 6) is 1.87. The first-order valence-electron chi connectivity index (χ1n) is 16.1. The number of rotatable bonds is 12. The number of nitrogens with zero attached hydrogens (tertiary/aromatic N) is 6. The van der Waals surface area contributed by atoms with Gasteiger partial charge in [0.2, 0.25) is 5.89 Å². The van der Waals surface area contributed by atoms with Crippen molar-refractivity contribution in [3.8, 4) is 11.5 Å². The molecule has 0 atom stereocenters. The van der Waals surface area contributed by atoms with Gasteiger partial charge in [0.1, 0.15) is 12.1 Å². The second-order valence-electron chi connectivity index (χ2n) is 12.9. The lowest BCUT2D eigenvalue weighted by Crippen LogP contribution is -2.33. The summed E-state index contributed by atoms with van der Waals surface area (Å²) < 4.78 is 35.2. The summed E-state index contributed by atoms with van der Waals surface area (Å²) in [5.41, 5.74) is 0.271. The second-order valence-corrected chi connectivity index (χ2v) is 12.9. The molecule has 44 heavy (non-hydrogen) atoms. The van der Waals surface area contributed by atoms with E-state index < -0.39 is 18.0 Å². The summed E-state index contributed by atoms with van der Waals surface area (Å²) in [7, 11) is 4.21. The number of aromatic nitrogens is 4. The zero-order valence-corrected chi connectivity index (χ0v) is 25.7. The van der Waals surface area contributed by atoms with Gasteiger partial charge in [-0.3, -0.25) is 9.48 Å². The molecule has 0 unspecified atom stereocenters. The lowest BCUT2D eigenvalue weighted by Gasteiger charge is -2.32. The van der Waals surface area contributed by atoms with Crippen LogP contribution in [-0.4, -0.2) is 76.9 Å². The van der Waals surface area contributed by atoms with Crippen molar-refractivity contribution in [1.82, 2.24) is 30.0 Å². The standard InChI is InChI=1S/C32H44F2N8O2/c1-40(16-12-21-9-13-35-14-10-21)18-22-3-5-25(6-4-22)42-19-26(29(39-42)30(33)34)37-31(43)27-20-44-32(38-27)23-11-15-36-28(17-23)41(2)24-7-8-24/h11,15,17,19-22,24-25,30,35H,3-10,12-14,16,18H2,1-2H3,(H,37,43). The number of nitrogens with one attached hydrogen (secondary N) is 2. The Labute approximate surface area is 257 Å². The molecule has 3 aliphatic rings. The summed E-state index contributed by atoms with van der Waals surface area (Å²) in [6.07, 6.45) is 11.5. The van der Waals surface area contributed by atoms with Gasteiger partial charge in [0.25, 0.3) is 12.3 Å². The van der Waals surface area contributed by atoms with Gasteiger partial charge in [-0.2, -0.15) is 5.10 Å². The minimum Gasteiger partial charge on any atom is -0.444 e. The molecule has 3 fully saturated rings. The average molecular weight is 611 g/mol. The molecule has 2 N–H and O–H groups in total. The summed E-state index contributed by atoms with van der Waals surface area (Å²) in [5, 5.41) is 10.3. The summed E-state index contributed by atoms with van der Waals surface area (Å²) in [6, 6.07) is 4.15. The zero-order chi connectivity index (χ0) is 30.6. The molecular formula is C32H44F2N8O2. The number of anilines is 2. The van der Waals surface area contributed by atoms with Crippen LogP contribution in [0.3, 0.4) is 0 Å². The van der Waals surface area contributed by atoms with Gasteiger partial charge >= 0.3 is 0 Å². The molecule has 0 aromatic carbocycles. The highest BCUT2D eigenvalue weighted by Crippen LogP contribution is 2.36. The number of hydrogen-bond donors (Lipinski definition) is 2. The number of carbonyl (C=O) groups excluding carboxylic acids is 1. The first-order chi connectivity index (χ1) is 21.3. The normalized spacial score (nSPS) is 21.2. The maximum absolute atomic E-state index is 14.0. The Morgan fingerprint density at radius 3 is 2.61 bits per heavy atom. The number of piperidine rings is 1. The van der Waals surface area contributed by atoms with Crippen molar-refractivity contribution in [2.75, 3.05) is 50.5 Å². The van der Waals surface area contributed by atoms with Crippen LogP contribution < -0.4 is 15.5 Å². The van der Waals surface area contributed by atoms with Crippen LogP contribution >= 0.6 is 0 Å². The van der Waals surface area contributed by atoms with E-state index in [9.17, 15) is 13.6 Å². The van der Waals surface area contributed by atoms with E-state index in [-0.39, 0.29) is 23.3 Å². The molecule has 0 bridgehead atoms. The molecule has 1 amide bonds. The minimum atomic E-state index is -2.82. The fraction of sp³-hybridized carbons (Fsp3) is 0.625. The van der Waals surface area contributed by atoms with Crippen LogP contribution in [0.1, 0.15) is 86.4 Å². The van der Waals surface area contributed by atoms with Crippen molar-refractivity contribution in [2.45, 2.75) is 76.3 Å². The lowest BCUT2D eigenvalue weighted by atomic mass is 9.85. The van der Waals surface area contributed by atoms with Gasteiger partial charge in [0.05, 0.1) is 11.7 Å². The van der Waals surface area contributed by atoms with Gasteiger partial charge in [-0.25, -0.2) is 18.7 Å². The van der Waals surface area contributed by atoms with Crippen LogP contribution in [0.2, 0.25) is 0 Å². The largest absolute Gasteiger partial charge is 0.444 e. The van der Waals surface area contributed by atoms with E-state index in [0.29, 0.717) is 17.5 Å². The van der Waals surface area contributed by atoms with Gasteiger partial charge in [-0.1, -0.05) is 0 Å². The van der Waals surface area contributed by atoms with Crippen molar-refractivity contribution in [2.24, 2.45) is 11.8 Å². The smallest absolute Gasteiger partial charge is 0.284 e. The first kappa shape index (κ1) is 30.6. The van der Waals surface area contributed by atoms with Crippen LogP contribution in [0, 0.1) is 11.8 Å². The Bertz CT molecular complexity index is 1390. The number of hydrogen-bond acceptors (Lipinski definition) is 8. The van der Waals surface area contributed by atoms with Gasteiger partial charge in [0.15, 0.2) is 11.4 Å². The molecule has 12 heteroatoms. The highest BCUT2D eigenvalue weighted by atomic mass is 19.3. The van der Waals surface area contributed by atoms with E-state index in [2.05, 4.69) is 42.5 Å². The Hall–Kier alpha value is -3.38. The molecule has 0 spiro atoms. The molecule has 3 aromatic heterocycles. The Morgan fingerprint density at radius 2 is 1.89 bits per heavy atom. The molecule has 4 heterocycles. The van der Waals surface area contributed by atoms with Crippen LogP contribution in [0.15, 0.2) is 35.2 Å². The van der Waals surface area contributed by atoms with E-state index in [0.717, 1.165) is 76.4 Å². The van der Waals surface area contributed by atoms with Gasteiger partial charge in [-0.15, -0.1) is 0 Å². The number of alkyl halides is 2. The maximum atomic E-state index is 14.0. The molecule has 10 nitrogen and oxygen atoms in total. The van der Waals surface area contributed by atoms with Crippen molar-refractivity contribution in [3.63, 3.8) is 0 Å². The second kappa shape index (κ2) is 13.7. The van der Waals surface area contributed by atoms with Gasteiger partial charge in [-0.05, 0) is 108 Å². The molecule has 1 saturated heterocycles.